The zero-order chi connectivity index (χ0) is 26.0. The summed E-state index contributed by atoms with van der Waals surface area (Å²) in [6.07, 6.45) is 7.53. The molecule has 4 aromatic rings. The first-order valence-electron chi connectivity index (χ1n) is 10.6. The number of rotatable bonds is 6. The predicted molar refractivity (Wildman–Crippen MR) is 139 cm³/mol. The Balaban J connectivity index is 0.00000113. The first-order chi connectivity index (χ1) is 17.2. The number of hydrogen-bond donors (Lipinski definition) is 0. The molecule has 4 aromatic carbocycles. The molecule has 182 valence electrons. The Labute approximate surface area is 268 Å². The van der Waals surface area contributed by atoms with Crippen LogP contribution in [0.15, 0.2) is 102 Å². The molecule has 0 aromatic heterocycles. The van der Waals surface area contributed by atoms with Gasteiger partial charge in [0.15, 0.2) is 0 Å². The van der Waals surface area contributed by atoms with Gasteiger partial charge >= 0.3 is 69.7 Å². The topological polar surface area (TPSA) is 108 Å². The average molecular weight is 563 g/mol. The van der Waals surface area contributed by atoms with Gasteiger partial charge < -0.3 is 4.55 Å². The van der Waals surface area contributed by atoms with Gasteiger partial charge in [-0.15, -0.1) is 49.0 Å². The van der Waals surface area contributed by atoms with Crippen LogP contribution in [0.4, 0.5) is 0 Å². The molecule has 0 aliphatic rings. The van der Waals surface area contributed by atoms with Crippen LogP contribution in [-0.4, -0.2) is 25.6 Å². The van der Waals surface area contributed by atoms with Gasteiger partial charge in [-0.3, -0.25) is 0 Å². The summed E-state index contributed by atoms with van der Waals surface area (Å²) in [7, 11) is -7.62. The van der Waals surface area contributed by atoms with E-state index in [1.807, 2.05) is 54.6 Å². The fourth-order valence-electron chi connectivity index (χ4n) is 3.30. The molecule has 10 heteroatoms. The molecule has 0 saturated carbocycles. The summed E-state index contributed by atoms with van der Waals surface area (Å²) >= 11 is 0. The molecule has 0 bridgehead atoms. The standard InChI is InChI=1S/C28H21O3S.2Na.O3S/c29-32(30,31)28-9-5-4-8-27(28)21-16-24-14-19-26(20-15-24)25-17-12-23(13-18-25)11-10-22-6-2-1-3-7-22;;;1-4(2)3/h1-6,8-21H,(H,29,30,31);;;/q-1;2*+1;/p-1. The largest absolute Gasteiger partial charge is 1.00 e. The molecule has 6 nitrogen and oxygen atoms in total. The van der Waals surface area contributed by atoms with Gasteiger partial charge in [0.1, 0.15) is 10.1 Å². The zero-order valence-corrected chi connectivity index (χ0v) is 26.4. The van der Waals surface area contributed by atoms with E-state index in [0.717, 1.165) is 27.8 Å². The van der Waals surface area contributed by atoms with E-state index in [2.05, 4.69) is 36.4 Å². The Hall–Kier alpha value is -2.11. The Bertz CT molecular complexity index is 1580. The van der Waals surface area contributed by atoms with Crippen LogP contribution in [0.25, 0.3) is 35.4 Å². The molecule has 0 N–H and O–H groups in total. The fraction of sp³-hybridized carbons (Fsp3) is 0. The van der Waals surface area contributed by atoms with Crippen molar-refractivity contribution in [2.75, 3.05) is 0 Å². The Morgan fingerprint density at radius 2 is 1.11 bits per heavy atom. The zero-order valence-electron chi connectivity index (χ0n) is 20.8. The maximum Gasteiger partial charge on any atom is 1.00 e. The number of hydrogen-bond acceptors (Lipinski definition) is 6. The van der Waals surface area contributed by atoms with E-state index < -0.39 is 20.7 Å². The molecule has 4 rings (SSSR count). The van der Waals surface area contributed by atoms with Crippen molar-refractivity contribution >= 4 is 45.0 Å². The Morgan fingerprint density at radius 1 is 0.632 bits per heavy atom. The van der Waals surface area contributed by atoms with Crippen LogP contribution in [0.2, 0.25) is 0 Å². The third-order valence-electron chi connectivity index (χ3n) is 4.99. The number of benzene rings is 4. The molecule has 0 unspecified atom stereocenters. The molecule has 0 amide bonds. The van der Waals surface area contributed by atoms with Crippen molar-refractivity contribution < 1.29 is 84.7 Å². The summed E-state index contributed by atoms with van der Waals surface area (Å²) in [6, 6.07) is 33.4. The monoisotopic (exact) mass is 562 g/mol. The summed E-state index contributed by atoms with van der Waals surface area (Å²) in [5.74, 6) is 0. The van der Waals surface area contributed by atoms with E-state index >= 15 is 0 Å². The van der Waals surface area contributed by atoms with E-state index in [1.165, 1.54) is 12.1 Å². The molecule has 0 aliphatic carbocycles. The fourth-order valence-corrected chi connectivity index (χ4v) is 3.97. The summed E-state index contributed by atoms with van der Waals surface area (Å²) in [5, 5.41) is 0. The van der Waals surface area contributed by atoms with Gasteiger partial charge in [0.05, 0.1) is 4.90 Å². The maximum atomic E-state index is 11.4. The van der Waals surface area contributed by atoms with Crippen molar-refractivity contribution in [3.8, 4) is 11.1 Å². The Kier molecular flexibility index (Phi) is 15.0. The third kappa shape index (κ3) is 11.3. The molecule has 0 atom stereocenters. The maximum absolute atomic E-state index is 11.4. The summed E-state index contributed by atoms with van der Waals surface area (Å²) in [6.45, 7) is 0. The first-order valence-corrected chi connectivity index (χ1v) is 13.0. The van der Waals surface area contributed by atoms with E-state index in [0.29, 0.717) is 5.56 Å². The third-order valence-corrected chi connectivity index (χ3v) is 5.90. The second-order valence-electron chi connectivity index (χ2n) is 7.42. The molecule has 0 spiro atoms. The van der Waals surface area contributed by atoms with Crippen LogP contribution in [0.1, 0.15) is 22.3 Å². The van der Waals surface area contributed by atoms with Gasteiger partial charge in [-0.05, 0) is 33.9 Å². The van der Waals surface area contributed by atoms with Crippen LogP contribution in [0, 0.1) is 6.07 Å². The smallest absolute Gasteiger partial charge is 0.744 e. The molecule has 0 saturated heterocycles. The van der Waals surface area contributed by atoms with Crippen LogP contribution in [-0.2, 0) is 20.7 Å². The van der Waals surface area contributed by atoms with Gasteiger partial charge in [0, 0.05) is 0 Å². The van der Waals surface area contributed by atoms with E-state index in [-0.39, 0.29) is 64.0 Å². The van der Waals surface area contributed by atoms with Gasteiger partial charge in [-0.1, -0.05) is 85.0 Å². The minimum atomic E-state index is -4.51. The molecule has 0 fully saturated rings. The first kappa shape index (κ1) is 33.9. The second kappa shape index (κ2) is 16.8. The van der Waals surface area contributed by atoms with Crippen molar-refractivity contribution in [1.82, 2.24) is 0 Å². The summed E-state index contributed by atoms with van der Waals surface area (Å²) in [4.78, 5) is -0.216. The Morgan fingerprint density at radius 3 is 1.58 bits per heavy atom. The van der Waals surface area contributed by atoms with Crippen LogP contribution < -0.4 is 59.1 Å². The van der Waals surface area contributed by atoms with E-state index in [4.69, 9.17) is 12.6 Å². The van der Waals surface area contributed by atoms with Gasteiger partial charge in [-0.25, -0.2) is 8.42 Å². The summed E-state index contributed by atoms with van der Waals surface area (Å²) in [5.41, 5.74) is 5.62. The van der Waals surface area contributed by atoms with Crippen molar-refractivity contribution in [3.05, 3.63) is 125 Å². The molecule has 0 heterocycles. The molecule has 0 radical (unpaired) electrons. The molecular weight excluding hydrogens is 542 g/mol. The van der Waals surface area contributed by atoms with Crippen LogP contribution in [0.3, 0.4) is 0 Å². The SMILES string of the molecule is O=S(=O)([O-])c1ccccc1C=Cc1ccc(-c2ccc(C=Cc3[c-]cccc3)cc2)cc1.O=S(=O)=O.[Na+].[Na+]. The summed E-state index contributed by atoms with van der Waals surface area (Å²) < 4.78 is 59.6. The minimum absolute atomic E-state index is 0. The second-order valence-corrected chi connectivity index (χ2v) is 9.18. The van der Waals surface area contributed by atoms with Crippen molar-refractivity contribution in [2.45, 2.75) is 4.90 Å². The van der Waals surface area contributed by atoms with Crippen LogP contribution in [0.5, 0.6) is 0 Å². The molecule has 0 aliphatic heterocycles. The quantitative estimate of drug-likeness (QED) is 0.135. The van der Waals surface area contributed by atoms with Gasteiger partial charge in [0.25, 0.3) is 0 Å². The van der Waals surface area contributed by atoms with Crippen molar-refractivity contribution in [3.63, 3.8) is 0 Å². The van der Waals surface area contributed by atoms with Crippen molar-refractivity contribution in [1.29, 1.82) is 0 Å². The molecular formula is C28H20Na2O6S2. The minimum Gasteiger partial charge on any atom is -0.744 e. The van der Waals surface area contributed by atoms with Crippen molar-refractivity contribution in [2.24, 2.45) is 0 Å². The molecule has 38 heavy (non-hydrogen) atoms. The van der Waals surface area contributed by atoms with Gasteiger partial charge in [-0.2, -0.15) is 5.56 Å². The predicted octanol–water partition coefficient (Wildman–Crippen LogP) is -0.597. The normalized spacial score (nSPS) is 10.7. The average Bonchev–Trinajstić information content (AvgIpc) is 2.87. The van der Waals surface area contributed by atoms with Gasteiger partial charge in [0.2, 0.25) is 0 Å². The van der Waals surface area contributed by atoms with Crippen LogP contribution >= 0.6 is 0 Å². The van der Waals surface area contributed by atoms with E-state index in [9.17, 15) is 13.0 Å². The van der Waals surface area contributed by atoms with E-state index in [1.54, 1.807) is 24.3 Å².